The molecule has 0 aromatic carbocycles. The van der Waals surface area contributed by atoms with Crippen molar-refractivity contribution in [3.63, 3.8) is 0 Å². The number of hydrogen-bond donors (Lipinski definition) is 2. The van der Waals surface area contributed by atoms with Gasteiger partial charge in [0.15, 0.2) is 0 Å². The van der Waals surface area contributed by atoms with Crippen LogP contribution in [0.3, 0.4) is 0 Å². The first-order valence-corrected chi connectivity index (χ1v) is 5.68. The molecule has 0 saturated carbocycles. The summed E-state index contributed by atoms with van der Waals surface area (Å²) in [6, 6.07) is 0.0640. The quantitative estimate of drug-likeness (QED) is 0.726. The van der Waals surface area contributed by atoms with E-state index in [9.17, 15) is 4.79 Å². The van der Waals surface area contributed by atoms with E-state index in [0.717, 1.165) is 6.54 Å². The standard InChI is InChI=1S/C11H22N2O2/c1-8-4-5-9(2)13(6-8)7-10(12-3)11(14)15/h8-10,12H,4-7H2,1-3H3,(H,14,15). The molecule has 3 unspecified atom stereocenters. The lowest BCUT2D eigenvalue weighted by atomic mass is 9.94. The first-order chi connectivity index (χ1) is 7.04. The van der Waals surface area contributed by atoms with Gasteiger partial charge in [0.2, 0.25) is 0 Å². The van der Waals surface area contributed by atoms with Gasteiger partial charge in [-0.3, -0.25) is 9.69 Å². The van der Waals surface area contributed by atoms with Gasteiger partial charge in [0.05, 0.1) is 0 Å². The van der Waals surface area contributed by atoms with Gasteiger partial charge in [0.25, 0.3) is 0 Å². The molecule has 2 N–H and O–H groups in total. The van der Waals surface area contributed by atoms with Gasteiger partial charge >= 0.3 is 5.97 Å². The fraction of sp³-hybridized carbons (Fsp3) is 0.909. The molecule has 88 valence electrons. The predicted octanol–water partition coefficient (Wildman–Crippen LogP) is 0.779. The zero-order valence-electron chi connectivity index (χ0n) is 9.86. The molecule has 4 heteroatoms. The zero-order valence-corrected chi connectivity index (χ0v) is 9.86. The number of aliphatic carboxylic acids is 1. The Labute approximate surface area is 91.6 Å². The Kier molecular flexibility index (Phi) is 4.54. The molecule has 4 nitrogen and oxygen atoms in total. The summed E-state index contributed by atoms with van der Waals surface area (Å²) in [7, 11) is 1.71. The normalized spacial score (nSPS) is 30.1. The molecular formula is C11H22N2O2. The van der Waals surface area contributed by atoms with Gasteiger partial charge in [0.1, 0.15) is 6.04 Å². The summed E-state index contributed by atoms with van der Waals surface area (Å²) >= 11 is 0. The smallest absolute Gasteiger partial charge is 0.322 e. The van der Waals surface area contributed by atoms with Crippen LogP contribution in [0.4, 0.5) is 0 Å². The lowest BCUT2D eigenvalue weighted by molar-refractivity contribution is -0.140. The fourth-order valence-corrected chi connectivity index (χ4v) is 2.16. The van der Waals surface area contributed by atoms with Gasteiger partial charge in [-0.2, -0.15) is 0 Å². The lowest BCUT2D eigenvalue weighted by Gasteiger charge is -2.37. The Hall–Kier alpha value is -0.610. The number of piperidine rings is 1. The SMILES string of the molecule is CNC(CN1CC(C)CCC1C)C(=O)O. The van der Waals surface area contributed by atoms with Crippen molar-refractivity contribution in [3.05, 3.63) is 0 Å². The summed E-state index contributed by atoms with van der Waals surface area (Å²) in [6.45, 7) is 6.04. The molecule has 0 bridgehead atoms. The molecule has 0 spiro atoms. The molecule has 0 amide bonds. The summed E-state index contributed by atoms with van der Waals surface area (Å²) in [5.41, 5.74) is 0. The van der Waals surface area contributed by atoms with Crippen molar-refractivity contribution in [2.24, 2.45) is 5.92 Å². The Morgan fingerprint density at radius 1 is 1.53 bits per heavy atom. The predicted molar refractivity (Wildman–Crippen MR) is 59.9 cm³/mol. The Morgan fingerprint density at radius 3 is 2.73 bits per heavy atom. The number of hydrogen-bond acceptors (Lipinski definition) is 3. The molecule has 1 aliphatic heterocycles. The molecule has 1 saturated heterocycles. The third-order valence-electron chi connectivity index (χ3n) is 3.31. The number of carboxylic acids is 1. The Balaban J connectivity index is 2.50. The van der Waals surface area contributed by atoms with Crippen LogP contribution in [-0.4, -0.2) is 48.2 Å². The molecule has 1 rings (SSSR count). The Morgan fingerprint density at radius 2 is 2.20 bits per heavy atom. The third-order valence-corrected chi connectivity index (χ3v) is 3.31. The number of nitrogens with zero attached hydrogens (tertiary/aromatic N) is 1. The number of likely N-dealkylation sites (tertiary alicyclic amines) is 1. The van der Waals surface area contributed by atoms with Crippen LogP contribution in [0.2, 0.25) is 0 Å². The molecule has 15 heavy (non-hydrogen) atoms. The van der Waals surface area contributed by atoms with E-state index in [2.05, 4.69) is 24.1 Å². The number of nitrogens with one attached hydrogen (secondary N) is 1. The van der Waals surface area contributed by atoms with Crippen LogP contribution in [0.15, 0.2) is 0 Å². The van der Waals surface area contributed by atoms with Crippen molar-refractivity contribution < 1.29 is 9.90 Å². The second-order valence-electron chi connectivity index (χ2n) is 4.66. The molecular weight excluding hydrogens is 192 g/mol. The van der Waals surface area contributed by atoms with Crippen molar-refractivity contribution in [2.45, 2.75) is 38.8 Å². The molecule has 1 fully saturated rings. The molecule has 0 aromatic heterocycles. The highest BCUT2D eigenvalue weighted by Gasteiger charge is 2.27. The average Bonchev–Trinajstić information content (AvgIpc) is 2.18. The van der Waals surface area contributed by atoms with Crippen LogP contribution in [0.1, 0.15) is 26.7 Å². The van der Waals surface area contributed by atoms with Crippen molar-refractivity contribution in [2.75, 3.05) is 20.1 Å². The van der Waals surface area contributed by atoms with E-state index >= 15 is 0 Å². The van der Waals surface area contributed by atoms with E-state index in [1.807, 2.05) is 0 Å². The number of likely N-dealkylation sites (N-methyl/N-ethyl adjacent to an activating group) is 1. The molecule has 0 aromatic rings. The second kappa shape index (κ2) is 5.47. The van der Waals surface area contributed by atoms with Crippen LogP contribution < -0.4 is 5.32 Å². The van der Waals surface area contributed by atoms with Crippen LogP contribution in [-0.2, 0) is 4.79 Å². The van der Waals surface area contributed by atoms with Crippen LogP contribution >= 0.6 is 0 Å². The Bertz CT molecular complexity index is 221. The maximum absolute atomic E-state index is 10.9. The second-order valence-corrected chi connectivity index (χ2v) is 4.66. The zero-order chi connectivity index (χ0) is 11.4. The van der Waals surface area contributed by atoms with Crippen molar-refractivity contribution in [1.29, 1.82) is 0 Å². The largest absolute Gasteiger partial charge is 0.480 e. The number of rotatable bonds is 4. The summed E-state index contributed by atoms with van der Waals surface area (Å²) in [6.07, 6.45) is 2.44. The van der Waals surface area contributed by atoms with Crippen molar-refractivity contribution in [1.82, 2.24) is 10.2 Å². The monoisotopic (exact) mass is 214 g/mol. The molecule has 0 radical (unpaired) electrons. The molecule has 0 aliphatic carbocycles. The van der Waals surface area contributed by atoms with Crippen LogP contribution in [0, 0.1) is 5.92 Å². The molecule has 3 atom stereocenters. The lowest BCUT2D eigenvalue weighted by Crippen LogP contribution is -2.50. The summed E-state index contributed by atoms with van der Waals surface area (Å²) in [5.74, 6) is -0.0737. The number of carboxylic acid groups (broad SMARTS) is 1. The highest BCUT2D eigenvalue weighted by atomic mass is 16.4. The third kappa shape index (κ3) is 3.47. The van der Waals surface area contributed by atoms with Crippen LogP contribution in [0.25, 0.3) is 0 Å². The first-order valence-electron chi connectivity index (χ1n) is 5.68. The van der Waals surface area contributed by atoms with E-state index in [-0.39, 0.29) is 0 Å². The van der Waals surface area contributed by atoms with E-state index < -0.39 is 12.0 Å². The van der Waals surface area contributed by atoms with E-state index in [0.29, 0.717) is 18.5 Å². The van der Waals surface area contributed by atoms with Crippen LogP contribution in [0.5, 0.6) is 0 Å². The highest BCUT2D eigenvalue weighted by molar-refractivity contribution is 5.73. The van der Waals surface area contributed by atoms with Gasteiger partial charge < -0.3 is 10.4 Å². The van der Waals surface area contributed by atoms with Gasteiger partial charge in [0, 0.05) is 19.1 Å². The topological polar surface area (TPSA) is 52.6 Å². The molecule has 1 aliphatic rings. The summed E-state index contributed by atoms with van der Waals surface area (Å²) in [4.78, 5) is 13.2. The molecule has 1 heterocycles. The van der Waals surface area contributed by atoms with E-state index in [4.69, 9.17) is 5.11 Å². The van der Waals surface area contributed by atoms with Gasteiger partial charge in [-0.1, -0.05) is 6.92 Å². The minimum atomic E-state index is -0.761. The summed E-state index contributed by atoms with van der Waals surface area (Å²) < 4.78 is 0. The highest BCUT2D eigenvalue weighted by Crippen LogP contribution is 2.21. The fourth-order valence-electron chi connectivity index (χ4n) is 2.16. The van der Waals surface area contributed by atoms with E-state index in [1.54, 1.807) is 7.05 Å². The van der Waals surface area contributed by atoms with Gasteiger partial charge in [-0.15, -0.1) is 0 Å². The maximum atomic E-state index is 10.9. The minimum absolute atomic E-state index is 0.447. The minimum Gasteiger partial charge on any atom is -0.480 e. The maximum Gasteiger partial charge on any atom is 0.322 e. The van der Waals surface area contributed by atoms with E-state index in [1.165, 1.54) is 12.8 Å². The van der Waals surface area contributed by atoms with Gasteiger partial charge in [-0.05, 0) is 32.7 Å². The van der Waals surface area contributed by atoms with Gasteiger partial charge in [-0.25, -0.2) is 0 Å². The summed E-state index contributed by atoms with van der Waals surface area (Å²) in [5, 5.41) is 11.8. The number of carbonyl (C=O) groups is 1. The van der Waals surface area contributed by atoms with Crippen molar-refractivity contribution >= 4 is 5.97 Å². The van der Waals surface area contributed by atoms with Crippen molar-refractivity contribution in [3.8, 4) is 0 Å². The first kappa shape index (κ1) is 12.5. The average molecular weight is 214 g/mol.